The molecule has 7 nitrogen and oxygen atoms in total. The fourth-order valence-electron chi connectivity index (χ4n) is 2.80. The Morgan fingerprint density at radius 2 is 1.46 bits per heavy atom. The van der Waals surface area contributed by atoms with Crippen LogP contribution in [0.5, 0.6) is 11.5 Å². The zero-order valence-electron chi connectivity index (χ0n) is 13.3. The first-order chi connectivity index (χ1) is 11.4. The van der Waals surface area contributed by atoms with E-state index >= 15 is 0 Å². The van der Waals surface area contributed by atoms with Crippen LogP contribution in [0, 0.1) is 0 Å². The Morgan fingerprint density at radius 1 is 0.958 bits per heavy atom. The summed E-state index contributed by atoms with van der Waals surface area (Å²) in [5.74, 6) is 1.41. The van der Waals surface area contributed by atoms with Crippen LogP contribution in [0.15, 0.2) is 36.4 Å². The number of hydrogen-bond acceptors (Lipinski definition) is 4. The largest absolute Gasteiger partial charge is 0.497 e. The highest BCUT2D eigenvalue weighted by molar-refractivity contribution is 7.46. The van der Waals surface area contributed by atoms with Gasteiger partial charge in [-0.2, -0.15) is 0 Å². The van der Waals surface area contributed by atoms with Crippen LogP contribution in [-0.2, 0) is 15.6 Å². The van der Waals surface area contributed by atoms with Crippen LogP contribution >= 0.6 is 7.82 Å². The number of phosphoric acid groups is 1. The van der Waals surface area contributed by atoms with Crippen LogP contribution in [0.25, 0.3) is 21.8 Å². The van der Waals surface area contributed by atoms with Crippen molar-refractivity contribution in [1.82, 2.24) is 4.57 Å². The molecule has 0 atom stereocenters. The lowest BCUT2D eigenvalue weighted by Gasteiger charge is -2.10. The first-order valence-corrected chi connectivity index (χ1v) is 8.80. The third kappa shape index (κ3) is 3.25. The topological polar surface area (TPSA) is 90.2 Å². The van der Waals surface area contributed by atoms with Crippen LogP contribution in [0.3, 0.4) is 0 Å². The van der Waals surface area contributed by atoms with Crippen molar-refractivity contribution in [3.05, 3.63) is 36.4 Å². The highest BCUT2D eigenvalue weighted by Gasteiger charge is 2.16. The van der Waals surface area contributed by atoms with Crippen LogP contribution < -0.4 is 9.47 Å². The monoisotopic (exact) mass is 351 g/mol. The molecule has 0 aliphatic heterocycles. The molecule has 3 rings (SSSR count). The predicted octanol–water partition coefficient (Wildman–Crippen LogP) is 2.92. The first kappa shape index (κ1) is 16.8. The van der Waals surface area contributed by atoms with Crippen molar-refractivity contribution in [2.75, 3.05) is 20.8 Å². The van der Waals surface area contributed by atoms with E-state index in [0.717, 1.165) is 21.8 Å². The van der Waals surface area contributed by atoms with Crippen molar-refractivity contribution in [3.63, 3.8) is 0 Å². The maximum absolute atomic E-state index is 10.9. The van der Waals surface area contributed by atoms with E-state index in [9.17, 15) is 4.57 Å². The highest BCUT2D eigenvalue weighted by atomic mass is 31.2. The summed E-state index contributed by atoms with van der Waals surface area (Å²) in [5, 5.41) is 2.04. The van der Waals surface area contributed by atoms with E-state index in [4.69, 9.17) is 19.3 Å². The maximum Gasteiger partial charge on any atom is 0.469 e. The second-order valence-electron chi connectivity index (χ2n) is 5.24. The summed E-state index contributed by atoms with van der Waals surface area (Å²) < 4.78 is 28.0. The smallest absolute Gasteiger partial charge is 0.469 e. The first-order valence-electron chi connectivity index (χ1n) is 7.27. The molecule has 0 amide bonds. The van der Waals surface area contributed by atoms with E-state index in [1.54, 1.807) is 14.2 Å². The van der Waals surface area contributed by atoms with Gasteiger partial charge in [0.15, 0.2) is 0 Å². The zero-order chi connectivity index (χ0) is 17.3. The maximum atomic E-state index is 10.9. The Balaban J connectivity index is 2.14. The fraction of sp³-hybridized carbons (Fsp3) is 0.250. The fourth-order valence-corrected chi connectivity index (χ4v) is 3.12. The number of nitrogens with zero attached hydrogens (tertiary/aromatic N) is 1. The van der Waals surface area contributed by atoms with E-state index in [0.29, 0.717) is 11.5 Å². The number of benzene rings is 2. The third-order valence-electron chi connectivity index (χ3n) is 3.86. The average Bonchev–Trinajstić information content (AvgIpc) is 2.86. The lowest BCUT2D eigenvalue weighted by atomic mass is 10.1. The minimum Gasteiger partial charge on any atom is -0.497 e. The number of rotatable bonds is 6. The molecule has 0 fully saturated rings. The highest BCUT2D eigenvalue weighted by Crippen LogP contribution is 2.37. The number of phosphoric ester groups is 1. The second kappa shape index (κ2) is 6.45. The van der Waals surface area contributed by atoms with E-state index in [-0.39, 0.29) is 13.2 Å². The molecular formula is C16H18NO6P. The zero-order valence-corrected chi connectivity index (χ0v) is 14.2. The summed E-state index contributed by atoms with van der Waals surface area (Å²) in [6, 6.07) is 11.5. The summed E-state index contributed by atoms with van der Waals surface area (Å²) in [6.45, 7) is 0.170. The summed E-state index contributed by atoms with van der Waals surface area (Å²) in [4.78, 5) is 17.8. The third-order valence-corrected chi connectivity index (χ3v) is 4.37. The Hall–Kier alpha value is -2.05. The molecule has 8 heteroatoms. The molecular weight excluding hydrogens is 333 g/mol. The quantitative estimate of drug-likeness (QED) is 0.664. The molecule has 0 saturated carbocycles. The van der Waals surface area contributed by atoms with Gasteiger partial charge < -0.3 is 23.8 Å². The van der Waals surface area contributed by atoms with E-state index in [2.05, 4.69) is 4.52 Å². The van der Waals surface area contributed by atoms with Gasteiger partial charge in [-0.15, -0.1) is 0 Å². The van der Waals surface area contributed by atoms with Gasteiger partial charge in [0.25, 0.3) is 0 Å². The number of ether oxygens (including phenoxy) is 2. The molecule has 24 heavy (non-hydrogen) atoms. The summed E-state index contributed by atoms with van der Waals surface area (Å²) in [6.07, 6.45) is 0. The van der Waals surface area contributed by atoms with E-state index < -0.39 is 7.82 Å². The Labute approximate surface area is 138 Å². The normalized spacial score (nSPS) is 12.0. The van der Waals surface area contributed by atoms with Crippen LogP contribution in [-0.4, -0.2) is 35.2 Å². The molecule has 1 aromatic heterocycles. The van der Waals surface area contributed by atoms with Crippen molar-refractivity contribution in [1.29, 1.82) is 0 Å². The molecule has 3 aromatic rings. The van der Waals surface area contributed by atoms with E-state index in [1.165, 1.54) is 0 Å². The molecule has 0 radical (unpaired) electrons. The molecule has 0 bridgehead atoms. The van der Waals surface area contributed by atoms with Gasteiger partial charge in [0, 0.05) is 29.4 Å². The van der Waals surface area contributed by atoms with Gasteiger partial charge in [0.1, 0.15) is 11.5 Å². The van der Waals surface area contributed by atoms with Crippen LogP contribution in [0.4, 0.5) is 0 Å². The van der Waals surface area contributed by atoms with Crippen molar-refractivity contribution in [2.24, 2.45) is 0 Å². The molecule has 0 spiro atoms. The summed E-state index contributed by atoms with van der Waals surface area (Å²) >= 11 is 0. The van der Waals surface area contributed by atoms with Crippen LogP contribution in [0.1, 0.15) is 0 Å². The van der Waals surface area contributed by atoms with Gasteiger partial charge in [0.2, 0.25) is 0 Å². The standard InChI is InChI=1S/C16H18NO6P/c1-21-11-3-5-13-14-6-4-12(22-2)10-16(14)17(15(13)9-11)7-8-23-24(18,19)20/h3-6,9-10H,7-8H2,1-2H3,(H2,18,19,20). The average molecular weight is 351 g/mol. The molecule has 2 aromatic carbocycles. The predicted molar refractivity (Wildman–Crippen MR) is 90.5 cm³/mol. The van der Waals surface area contributed by atoms with Gasteiger partial charge in [0.05, 0.1) is 31.9 Å². The minimum absolute atomic E-state index is 0.114. The molecule has 1 heterocycles. The number of aromatic nitrogens is 1. The molecule has 128 valence electrons. The summed E-state index contributed by atoms with van der Waals surface area (Å²) in [7, 11) is -1.32. The van der Waals surface area contributed by atoms with E-state index in [1.807, 2.05) is 41.0 Å². The molecule has 0 unspecified atom stereocenters. The van der Waals surface area contributed by atoms with Gasteiger partial charge in [-0.1, -0.05) is 0 Å². The van der Waals surface area contributed by atoms with Crippen molar-refractivity contribution in [2.45, 2.75) is 6.54 Å². The van der Waals surface area contributed by atoms with Gasteiger partial charge in [-0.05, 0) is 24.3 Å². The summed E-state index contributed by atoms with van der Waals surface area (Å²) in [5.41, 5.74) is 1.79. The van der Waals surface area contributed by atoms with Gasteiger partial charge >= 0.3 is 7.82 Å². The van der Waals surface area contributed by atoms with Gasteiger partial charge in [-0.3, -0.25) is 4.52 Å². The van der Waals surface area contributed by atoms with Gasteiger partial charge in [-0.25, -0.2) is 4.57 Å². The number of hydrogen-bond donors (Lipinski definition) is 2. The Bertz CT molecular complexity index is 868. The Morgan fingerprint density at radius 3 is 1.88 bits per heavy atom. The lowest BCUT2D eigenvalue weighted by molar-refractivity contribution is 0.191. The van der Waals surface area contributed by atoms with Crippen molar-refractivity contribution in [3.8, 4) is 11.5 Å². The molecule has 2 N–H and O–H groups in total. The number of methoxy groups -OCH3 is 2. The molecule has 0 saturated heterocycles. The van der Waals surface area contributed by atoms with Crippen molar-refractivity contribution >= 4 is 29.6 Å². The van der Waals surface area contributed by atoms with Crippen molar-refractivity contribution < 1.29 is 28.3 Å². The molecule has 0 aliphatic rings. The Kier molecular flexibility index (Phi) is 4.51. The minimum atomic E-state index is -4.50. The number of fused-ring (bicyclic) bond motifs is 3. The van der Waals surface area contributed by atoms with Crippen LogP contribution in [0.2, 0.25) is 0 Å². The second-order valence-corrected chi connectivity index (χ2v) is 6.48. The SMILES string of the molecule is COc1ccc2c3ccc(OC)cc3n(CCOP(=O)(O)O)c2c1. The molecule has 0 aliphatic carbocycles. The lowest BCUT2D eigenvalue weighted by Crippen LogP contribution is -2.05.